The predicted molar refractivity (Wildman–Crippen MR) is 81.3 cm³/mol. The molecule has 1 atom stereocenters. The fourth-order valence-electron chi connectivity index (χ4n) is 3.11. The molecule has 1 aliphatic rings. The molecular formula is C17H27NO. The zero-order valence-electron chi connectivity index (χ0n) is 12.8. The fraction of sp³-hybridized carbons (Fsp3) is 0.647. The van der Waals surface area contributed by atoms with E-state index in [1.807, 2.05) is 0 Å². The molecule has 1 aromatic carbocycles. The zero-order chi connectivity index (χ0) is 13.8. The van der Waals surface area contributed by atoms with Crippen molar-refractivity contribution >= 4 is 0 Å². The minimum atomic E-state index is 0.512. The standard InChI is InChI=1S/C17H27NO/c1-12(2)15-11-16(13(3)10-17(15)19-4)14-6-5-8-18-9-7-14/h10-12,14,18H,5-9H2,1-4H3. The lowest BCUT2D eigenvalue weighted by molar-refractivity contribution is 0.406. The summed E-state index contributed by atoms with van der Waals surface area (Å²) in [6.07, 6.45) is 3.84. The van der Waals surface area contributed by atoms with Crippen LogP contribution in [0.1, 0.15) is 61.6 Å². The first-order valence-electron chi connectivity index (χ1n) is 7.52. The van der Waals surface area contributed by atoms with Gasteiger partial charge in [0.15, 0.2) is 0 Å². The molecule has 0 aliphatic carbocycles. The highest BCUT2D eigenvalue weighted by molar-refractivity contribution is 5.45. The van der Waals surface area contributed by atoms with E-state index in [0.717, 1.165) is 12.3 Å². The molecule has 2 nitrogen and oxygen atoms in total. The summed E-state index contributed by atoms with van der Waals surface area (Å²) in [5, 5.41) is 3.50. The van der Waals surface area contributed by atoms with Gasteiger partial charge in [0.1, 0.15) is 5.75 Å². The van der Waals surface area contributed by atoms with E-state index in [4.69, 9.17) is 4.74 Å². The van der Waals surface area contributed by atoms with Gasteiger partial charge in [0, 0.05) is 0 Å². The van der Waals surface area contributed by atoms with E-state index in [0.29, 0.717) is 11.8 Å². The van der Waals surface area contributed by atoms with Crippen molar-refractivity contribution < 1.29 is 4.74 Å². The molecule has 0 spiro atoms. The number of ether oxygens (including phenoxy) is 1. The molecule has 0 aromatic heterocycles. The lowest BCUT2D eigenvalue weighted by Gasteiger charge is -2.21. The van der Waals surface area contributed by atoms with Crippen molar-refractivity contribution in [3.63, 3.8) is 0 Å². The van der Waals surface area contributed by atoms with Crippen LogP contribution < -0.4 is 10.1 Å². The van der Waals surface area contributed by atoms with Gasteiger partial charge < -0.3 is 10.1 Å². The molecule has 0 saturated carbocycles. The highest BCUT2D eigenvalue weighted by atomic mass is 16.5. The highest BCUT2D eigenvalue weighted by Gasteiger charge is 2.19. The van der Waals surface area contributed by atoms with E-state index in [2.05, 4.69) is 38.2 Å². The Hall–Kier alpha value is -1.02. The number of aryl methyl sites for hydroxylation is 1. The maximum Gasteiger partial charge on any atom is 0.122 e. The van der Waals surface area contributed by atoms with E-state index >= 15 is 0 Å². The highest BCUT2D eigenvalue weighted by Crippen LogP contribution is 2.35. The second-order valence-electron chi connectivity index (χ2n) is 5.98. The van der Waals surface area contributed by atoms with Crippen molar-refractivity contribution in [2.75, 3.05) is 20.2 Å². The average Bonchev–Trinajstić information content (AvgIpc) is 2.66. The van der Waals surface area contributed by atoms with Gasteiger partial charge in [-0.3, -0.25) is 0 Å². The predicted octanol–water partition coefficient (Wildman–Crippen LogP) is 3.98. The third-order valence-corrected chi connectivity index (χ3v) is 4.26. The van der Waals surface area contributed by atoms with E-state index in [1.54, 1.807) is 7.11 Å². The van der Waals surface area contributed by atoms with Crippen LogP contribution in [0.4, 0.5) is 0 Å². The smallest absolute Gasteiger partial charge is 0.122 e. The van der Waals surface area contributed by atoms with Gasteiger partial charge >= 0.3 is 0 Å². The van der Waals surface area contributed by atoms with E-state index in [-0.39, 0.29) is 0 Å². The van der Waals surface area contributed by atoms with Crippen molar-refractivity contribution in [2.45, 2.75) is 51.9 Å². The number of methoxy groups -OCH3 is 1. The quantitative estimate of drug-likeness (QED) is 0.888. The van der Waals surface area contributed by atoms with Crippen LogP contribution in [0.3, 0.4) is 0 Å². The molecule has 1 saturated heterocycles. The van der Waals surface area contributed by atoms with Gasteiger partial charge in [-0.2, -0.15) is 0 Å². The van der Waals surface area contributed by atoms with Gasteiger partial charge in [-0.15, -0.1) is 0 Å². The Labute approximate surface area is 117 Å². The molecule has 2 rings (SSSR count). The molecule has 1 fully saturated rings. The minimum absolute atomic E-state index is 0.512. The van der Waals surface area contributed by atoms with Crippen molar-refractivity contribution in [1.29, 1.82) is 0 Å². The van der Waals surface area contributed by atoms with Crippen LogP contribution in [0.2, 0.25) is 0 Å². The topological polar surface area (TPSA) is 21.3 Å². The maximum atomic E-state index is 5.54. The van der Waals surface area contributed by atoms with Crippen LogP contribution in [-0.4, -0.2) is 20.2 Å². The van der Waals surface area contributed by atoms with Crippen LogP contribution in [0.5, 0.6) is 5.75 Å². The summed E-state index contributed by atoms with van der Waals surface area (Å²) in [6.45, 7) is 9.02. The minimum Gasteiger partial charge on any atom is -0.496 e. The Morgan fingerprint density at radius 2 is 2.00 bits per heavy atom. The Bertz CT molecular complexity index is 418. The lowest BCUT2D eigenvalue weighted by atomic mass is 9.86. The summed E-state index contributed by atoms with van der Waals surface area (Å²) >= 11 is 0. The molecule has 0 amide bonds. The van der Waals surface area contributed by atoms with Gasteiger partial charge in [-0.1, -0.05) is 19.9 Å². The second kappa shape index (κ2) is 6.42. The van der Waals surface area contributed by atoms with E-state index in [9.17, 15) is 0 Å². The van der Waals surface area contributed by atoms with Crippen molar-refractivity contribution in [3.05, 3.63) is 28.8 Å². The Kier molecular flexibility index (Phi) is 4.87. The molecule has 1 heterocycles. The lowest BCUT2D eigenvalue weighted by Crippen LogP contribution is -2.14. The van der Waals surface area contributed by atoms with Crippen LogP contribution in [0.25, 0.3) is 0 Å². The molecule has 1 N–H and O–H groups in total. The Balaban J connectivity index is 2.36. The van der Waals surface area contributed by atoms with Crippen molar-refractivity contribution in [3.8, 4) is 5.75 Å². The summed E-state index contributed by atoms with van der Waals surface area (Å²) in [7, 11) is 1.77. The largest absolute Gasteiger partial charge is 0.496 e. The molecule has 1 aromatic rings. The van der Waals surface area contributed by atoms with Crippen molar-refractivity contribution in [1.82, 2.24) is 5.32 Å². The summed E-state index contributed by atoms with van der Waals surface area (Å²) in [5.74, 6) is 2.26. The van der Waals surface area contributed by atoms with Crippen LogP contribution in [0, 0.1) is 6.92 Å². The van der Waals surface area contributed by atoms with Gasteiger partial charge in [0.05, 0.1) is 7.11 Å². The molecule has 1 unspecified atom stereocenters. The zero-order valence-corrected chi connectivity index (χ0v) is 12.8. The third kappa shape index (κ3) is 3.30. The molecule has 0 radical (unpaired) electrons. The SMILES string of the molecule is COc1cc(C)c(C2CCCNCC2)cc1C(C)C. The number of rotatable bonds is 3. The van der Waals surface area contributed by atoms with Gasteiger partial charge in [0.25, 0.3) is 0 Å². The summed E-state index contributed by atoms with van der Waals surface area (Å²) in [5.41, 5.74) is 4.27. The summed E-state index contributed by atoms with van der Waals surface area (Å²) in [6, 6.07) is 4.62. The number of hydrogen-bond donors (Lipinski definition) is 1. The molecule has 19 heavy (non-hydrogen) atoms. The monoisotopic (exact) mass is 261 g/mol. The molecule has 2 heteroatoms. The first-order valence-corrected chi connectivity index (χ1v) is 7.52. The number of benzene rings is 1. The number of nitrogens with one attached hydrogen (secondary N) is 1. The average molecular weight is 261 g/mol. The maximum absolute atomic E-state index is 5.54. The van der Waals surface area contributed by atoms with E-state index in [1.165, 1.54) is 42.5 Å². The number of hydrogen-bond acceptors (Lipinski definition) is 2. The van der Waals surface area contributed by atoms with Crippen LogP contribution in [-0.2, 0) is 0 Å². The first-order chi connectivity index (χ1) is 9.13. The Morgan fingerprint density at radius 1 is 1.21 bits per heavy atom. The third-order valence-electron chi connectivity index (χ3n) is 4.26. The van der Waals surface area contributed by atoms with Gasteiger partial charge in [0.2, 0.25) is 0 Å². The summed E-state index contributed by atoms with van der Waals surface area (Å²) < 4.78 is 5.54. The molecule has 106 valence electrons. The first kappa shape index (κ1) is 14.4. The van der Waals surface area contributed by atoms with Crippen LogP contribution >= 0.6 is 0 Å². The molecular weight excluding hydrogens is 234 g/mol. The van der Waals surface area contributed by atoms with E-state index < -0.39 is 0 Å². The Morgan fingerprint density at radius 3 is 2.68 bits per heavy atom. The van der Waals surface area contributed by atoms with Gasteiger partial charge in [-0.05, 0) is 73.9 Å². The molecule has 1 aliphatic heterocycles. The summed E-state index contributed by atoms with van der Waals surface area (Å²) in [4.78, 5) is 0. The second-order valence-corrected chi connectivity index (χ2v) is 5.98. The van der Waals surface area contributed by atoms with Crippen LogP contribution in [0.15, 0.2) is 12.1 Å². The molecule has 0 bridgehead atoms. The fourth-order valence-corrected chi connectivity index (χ4v) is 3.11. The normalized spacial score (nSPS) is 20.4. The van der Waals surface area contributed by atoms with Gasteiger partial charge in [-0.25, -0.2) is 0 Å². The van der Waals surface area contributed by atoms with Crippen molar-refractivity contribution in [2.24, 2.45) is 0 Å².